The molecule has 0 aliphatic carbocycles. The van der Waals surface area contributed by atoms with Gasteiger partial charge in [-0.25, -0.2) is 4.98 Å². The van der Waals surface area contributed by atoms with Crippen molar-refractivity contribution in [2.75, 3.05) is 6.54 Å². The molecule has 2 heterocycles. The van der Waals surface area contributed by atoms with Gasteiger partial charge in [-0.1, -0.05) is 6.92 Å². The highest BCUT2D eigenvalue weighted by molar-refractivity contribution is 9.10. The van der Waals surface area contributed by atoms with Crippen molar-refractivity contribution in [3.8, 4) is 0 Å². The van der Waals surface area contributed by atoms with E-state index in [0.29, 0.717) is 12.5 Å². The van der Waals surface area contributed by atoms with E-state index in [1.165, 1.54) is 5.69 Å². The van der Waals surface area contributed by atoms with Gasteiger partial charge in [0, 0.05) is 18.1 Å². The van der Waals surface area contributed by atoms with Crippen molar-refractivity contribution in [2.45, 2.75) is 13.3 Å². The number of hydrogen-bond acceptors (Lipinski definition) is 2. The first kappa shape index (κ1) is 10.6. The van der Waals surface area contributed by atoms with Crippen LogP contribution in [0.4, 0.5) is 0 Å². The van der Waals surface area contributed by atoms with Gasteiger partial charge in [-0.2, -0.15) is 0 Å². The molecule has 0 aliphatic rings. The van der Waals surface area contributed by atoms with Crippen LogP contribution in [0.3, 0.4) is 0 Å². The van der Waals surface area contributed by atoms with Crippen molar-refractivity contribution in [3.63, 3.8) is 0 Å². The fourth-order valence-corrected chi connectivity index (χ4v) is 2.06. The maximum absolute atomic E-state index is 5.62. The van der Waals surface area contributed by atoms with Crippen LogP contribution in [0.15, 0.2) is 29.0 Å². The predicted octanol–water partition coefficient (Wildman–Crippen LogP) is 2.23. The summed E-state index contributed by atoms with van der Waals surface area (Å²) >= 11 is 3.49. The lowest BCUT2D eigenvalue weighted by atomic mass is 10.1. The molecule has 2 aromatic rings. The SMILES string of the molecule is CC(CN)Cc1cnc2c(Br)cccn12. The molecule has 0 aliphatic heterocycles. The predicted molar refractivity (Wildman–Crippen MR) is 64.8 cm³/mol. The lowest BCUT2D eigenvalue weighted by Crippen LogP contribution is -2.14. The maximum Gasteiger partial charge on any atom is 0.151 e. The van der Waals surface area contributed by atoms with Gasteiger partial charge in [0.25, 0.3) is 0 Å². The quantitative estimate of drug-likeness (QED) is 0.927. The maximum atomic E-state index is 5.62. The normalized spacial score (nSPS) is 13.3. The summed E-state index contributed by atoms with van der Waals surface area (Å²) in [6.45, 7) is 2.86. The molecular weight excluding hydrogens is 254 g/mol. The largest absolute Gasteiger partial charge is 0.330 e. The molecular formula is C11H14BrN3. The average Bonchev–Trinajstić information content (AvgIpc) is 2.63. The monoisotopic (exact) mass is 267 g/mol. The number of halogens is 1. The van der Waals surface area contributed by atoms with Crippen LogP contribution < -0.4 is 5.73 Å². The van der Waals surface area contributed by atoms with Crippen LogP contribution in [0.25, 0.3) is 5.65 Å². The van der Waals surface area contributed by atoms with Crippen LogP contribution in [0.1, 0.15) is 12.6 Å². The molecule has 0 spiro atoms. The molecule has 2 rings (SSSR count). The van der Waals surface area contributed by atoms with Crippen molar-refractivity contribution >= 4 is 21.6 Å². The molecule has 15 heavy (non-hydrogen) atoms. The number of fused-ring (bicyclic) bond motifs is 1. The summed E-state index contributed by atoms with van der Waals surface area (Å²) in [5.74, 6) is 0.490. The third kappa shape index (κ3) is 2.06. The van der Waals surface area contributed by atoms with Gasteiger partial charge in [0.1, 0.15) is 0 Å². The van der Waals surface area contributed by atoms with Gasteiger partial charge in [-0.15, -0.1) is 0 Å². The minimum atomic E-state index is 0.490. The highest BCUT2D eigenvalue weighted by atomic mass is 79.9. The zero-order chi connectivity index (χ0) is 10.8. The Labute approximate surface area is 97.4 Å². The highest BCUT2D eigenvalue weighted by Crippen LogP contribution is 2.18. The minimum absolute atomic E-state index is 0.490. The third-order valence-electron chi connectivity index (χ3n) is 2.52. The Kier molecular flexibility index (Phi) is 3.07. The molecule has 0 fully saturated rings. The Morgan fingerprint density at radius 1 is 1.60 bits per heavy atom. The summed E-state index contributed by atoms with van der Waals surface area (Å²) in [5, 5.41) is 0. The Morgan fingerprint density at radius 2 is 2.40 bits per heavy atom. The lowest BCUT2D eigenvalue weighted by Gasteiger charge is -2.07. The minimum Gasteiger partial charge on any atom is -0.330 e. The number of imidazole rings is 1. The van der Waals surface area contributed by atoms with E-state index in [2.05, 4.69) is 32.2 Å². The van der Waals surface area contributed by atoms with Gasteiger partial charge in [0.2, 0.25) is 0 Å². The summed E-state index contributed by atoms with van der Waals surface area (Å²) in [6.07, 6.45) is 4.92. The number of aromatic nitrogens is 2. The van der Waals surface area contributed by atoms with E-state index in [9.17, 15) is 0 Å². The highest BCUT2D eigenvalue weighted by Gasteiger charge is 2.08. The average molecular weight is 268 g/mol. The fourth-order valence-electron chi connectivity index (χ4n) is 1.62. The third-order valence-corrected chi connectivity index (χ3v) is 3.14. The molecule has 0 bridgehead atoms. The topological polar surface area (TPSA) is 43.3 Å². The molecule has 0 saturated carbocycles. The lowest BCUT2D eigenvalue weighted by molar-refractivity contribution is 0.582. The second-order valence-corrected chi connectivity index (χ2v) is 4.70. The number of nitrogens with two attached hydrogens (primary N) is 1. The Bertz CT molecular complexity index is 464. The molecule has 0 amide bonds. The zero-order valence-corrected chi connectivity index (χ0v) is 10.2. The molecule has 0 saturated heterocycles. The van der Waals surface area contributed by atoms with E-state index in [0.717, 1.165) is 16.5 Å². The van der Waals surface area contributed by atoms with Gasteiger partial charge >= 0.3 is 0 Å². The molecule has 1 atom stereocenters. The number of nitrogens with zero attached hydrogens (tertiary/aromatic N) is 2. The van der Waals surface area contributed by atoms with Crippen LogP contribution in [0.5, 0.6) is 0 Å². The first-order chi connectivity index (χ1) is 7.22. The molecule has 2 N–H and O–H groups in total. The zero-order valence-electron chi connectivity index (χ0n) is 8.65. The van der Waals surface area contributed by atoms with Gasteiger partial charge < -0.3 is 10.1 Å². The molecule has 80 valence electrons. The summed E-state index contributed by atoms with van der Waals surface area (Å²) in [6, 6.07) is 4.01. The van der Waals surface area contributed by atoms with Crippen molar-refractivity contribution in [2.24, 2.45) is 11.7 Å². The molecule has 2 aromatic heterocycles. The second-order valence-electron chi connectivity index (χ2n) is 3.84. The van der Waals surface area contributed by atoms with Gasteiger partial charge in [0.15, 0.2) is 5.65 Å². The standard InChI is InChI=1S/C11H14BrN3/c1-8(6-13)5-9-7-14-11-10(12)3-2-4-15(9)11/h2-4,7-8H,5-6,13H2,1H3. The van der Waals surface area contributed by atoms with Gasteiger partial charge in [-0.05, 0) is 46.9 Å². The number of hydrogen-bond donors (Lipinski definition) is 1. The molecule has 4 heteroatoms. The Balaban J connectivity index is 2.41. The summed E-state index contributed by atoms with van der Waals surface area (Å²) in [4.78, 5) is 4.38. The fraction of sp³-hybridized carbons (Fsp3) is 0.364. The molecule has 0 aromatic carbocycles. The molecule has 3 nitrogen and oxygen atoms in total. The van der Waals surface area contributed by atoms with Gasteiger partial charge in [-0.3, -0.25) is 0 Å². The van der Waals surface area contributed by atoms with Gasteiger partial charge in [0.05, 0.1) is 4.47 Å². The molecule has 0 radical (unpaired) electrons. The number of pyridine rings is 1. The van der Waals surface area contributed by atoms with Crippen LogP contribution in [0.2, 0.25) is 0 Å². The second kappa shape index (κ2) is 4.33. The van der Waals surface area contributed by atoms with Crippen molar-refractivity contribution in [1.82, 2.24) is 9.38 Å². The van der Waals surface area contributed by atoms with E-state index >= 15 is 0 Å². The molecule has 1 unspecified atom stereocenters. The van der Waals surface area contributed by atoms with Crippen molar-refractivity contribution in [3.05, 3.63) is 34.7 Å². The number of rotatable bonds is 3. The summed E-state index contributed by atoms with van der Waals surface area (Å²) in [7, 11) is 0. The van der Waals surface area contributed by atoms with E-state index < -0.39 is 0 Å². The van der Waals surface area contributed by atoms with Crippen molar-refractivity contribution < 1.29 is 0 Å². The van der Waals surface area contributed by atoms with Crippen molar-refractivity contribution in [1.29, 1.82) is 0 Å². The first-order valence-electron chi connectivity index (χ1n) is 5.03. The van der Waals surface area contributed by atoms with Crippen LogP contribution in [-0.4, -0.2) is 15.9 Å². The van der Waals surface area contributed by atoms with E-state index in [1.807, 2.05) is 24.5 Å². The smallest absolute Gasteiger partial charge is 0.151 e. The van der Waals surface area contributed by atoms with Crippen LogP contribution >= 0.6 is 15.9 Å². The van der Waals surface area contributed by atoms with Crippen LogP contribution in [0, 0.1) is 5.92 Å². The Morgan fingerprint density at radius 3 is 3.13 bits per heavy atom. The van der Waals surface area contributed by atoms with E-state index in [-0.39, 0.29) is 0 Å². The summed E-state index contributed by atoms with van der Waals surface area (Å²) in [5.41, 5.74) is 7.81. The van der Waals surface area contributed by atoms with Crippen LogP contribution in [-0.2, 0) is 6.42 Å². The summed E-state index contributed by atoms with van der Waals surface area (Å²) < 4.78 is 3.13. The van der Waals surface area contributed by atoms with E-state index in [4.69, 9.17) is 5.73 Å². The Hall–Kier alpha value is -0.870. The van der Waals surface area contributed by atoms with E-state index in [1.54, 1.807) is 0 Å². The first-order valence-corrected chi connectivity index (χ1v) is 5.82.